The van der Waals surface area contributed by atoms with Crippen molar-refractivity contribution in [2.24, 2.45) is 0 Å². The van der Waals surface area contributed by atoms with Crippen LogP contribution in [0, 0.1) is 0 Å². The molecule has 2 aromatic heterocycles. The molecular weight excluding hydrogens is 276 g/mol. The van der Waals surface area contributed by atoms with Gasteiger partial charge in [-0.2, -0.15) is 0 Å². The van der Waals surface area contributed by atoms with Crippen molar-refractivity contribution in [2.75, 3.05) is 5.32 Å². The molecular formula is C15H17ClN2S. The van der Waals surface area contributed by atoms with E-state index >= 15 is 0 Å². The van der Waals surface area contributed by atoms with Crippen LogP contribution in [0.4, 0.5) is 5.69 Å². The topological polar surface area (TPSA) is 24.9 Å². The zero-order chi connectivity index (χ0) is 13.2. The molecule has 0 fully saturated rings. The van der Waals surface area contributed by atoms with Gasteiger partial charge in [0, 0.05) is 16.0 Å². The molecule has 1 aliphatic rings. The van der Waals surface area contributed by atoms with Crippen LogP contribution in [0.15, 0.2) is 24.4 Å². The van der Waals surface area contributed by atoms with Gasteiger partial charge in [0.2, 0.25) is 0 Å². The van der Waals surface area contributed by atoms with E-state index in [1.54, 1.807) is 16.6 Å². The highest BCUT2D eigenvalue weighted by molar-refractivity contribution is 7.12. The Morgan fingerprint density at radius 1 is 1.37 bits per heavy atom. The molecule has 1 N–H and O–H groups in total. The second kappa shape index (κ2) is 5.51. The number of pyridine rings is 1. The van der Waals surface area contributed by atoms with Gasteiger partial charge < -0.3 is 5.32 Å². The summed E-state index contributed by atoms with van der Waals surface area (Å²) in [5, 5.41) is 3.99. The van der Waals surface area contributed by atoms with Gasteiger partial charge in [-0.15, -0.1) is 11.3 Å². The van der Waals surface area contributed by atoms with Crippen molar-refractivity contribution in [3.63, 3.8) is 0 Å². The van der Waals surface area contributed by atoms with Gasteiger partial charge in [0.25, 0.3) is 0 Å². The summed E-state index contributed by atoms with van der Waals surface area (Å²) in [7, 11) is 0. The molecule has 4 heteroatoms. The molecule has 3 rings (SSSR count). The maximum atomic E-state index is 6.09. The molecule has 100 valence electrons. The van der Waals surface area contributed by atoms with Gasteiger partial charge in [-0.05, 0) is 56.4 Å². The first-order valence-electron chi connectivity index (χ1n) is 6.72. The van der Waals surface area contributed by atoms with Crippen LogP contribution in [0.5, 0.6) is 0 Å². The number of nitrogens with zero attached hydrogens (tertiary/aromatic N) is 1. The van der Waals surface area contributed by atoms with Crippen LogP contribution in [0.1, 0.15) is 41.1 Å². The van der Waals surface area contributed by atoms with Crippen molar-refractivity contribution in [1.82, 2.24) is 4.98 Å². The third-order valence-electron chi connectivity index (χ3n) is 3.57. The molecule has 19 heavy (non-hydrogen) atoms. The Labute approximate surface area is 122 Å². The van der Waals surface area contributed by atoms with Crippen LogP contribution >= 0.6 is 22.9 Å². The average molecular weight is 293 g/mol. The van der Waals surface area contributed by atoms with Crippen molar-refractivity contribution >= 4 is 28.6 Å². The molecule has 2 heterocycles. The fourth-order valence-electron chi connectivity index (χ4n) is 2.53. The summed E-state index contributed by atoms with van der Waals surface area (Å²) in [4.78, 5) is 7.07. The molecule has 2 aromatic rings. The zero-order valence-electron chi connectivity index (χ0n) is 10.9. The second-order valence-electron chi connectivity index (χ2n) is 5.01. The van der Waals surface area contributed by atoms with E-state index in [9.17, 15) is 0 Å². The molecule has 0 bridgehead atoms. The van der Waals surface area contributed by atoms with Gasteiger partial charge in [0.05, 0.1) is 11.7 Å². The highest BCUT2D eigenvalue weighted by Crippen LogP contribution is 2.34. The minimum Gasteiger partial charge on any atom is -0.375 e. The number of anilines is 1. The summed E-state index contributed by atoms with van der Waals surface area (Å²) in [5.74, 6) is 0. The molecule has 0 saturated carbocycles. The summed E-state index contributed by atoms with van der Waals surface area (Å²) in [5.41, 5.74) is 2.46. The van der Waals surface area contributed by atoms with Crippen LogP contribution in [0.2, 0.25) is 5.15 Å². The number of hydrogen-bond donors (Lipinski definition) is 1. The molecule has 1 aliphatic carbocycles. The SMILES string of the molecule is CC(Nc1cccnc1Cl)c1cc2c(s1)CCCC2. The molecule has 0 amide bonds. The molecule has 0 saturated heterocycles. The summed E-state index contributed by atoms with van der Waals surface area (Å²) >= 11 is 8.03. The number of thiophene rings is 1. The normalized spacial score (nSPS) is 15.9. The number of aryl methyl sites for hydroxylation is 2. The molecule has 1 atom stereocenters. The summed E-state index contributed by atoms with van der Waals surface area (Å²) < 4.78 is 0. The molecule has 0 aromatic carbocycles. The van der Waals surface area contributed by atoms with Crippen LogP contribution in [-0.2, 0) is 12.8 Å². The average Bonchev–Trinajstić information content (AvgIpc) is 2.85. The smallest absolute Gasteiger partial charge is 0.152 e. The van der Waals surface area contributed by atoms with Crippen LogP contribution in [0.25, 0.3) is 0 Å². The lowest BCUT2D eigenvalue weighted by atomic mass is 9.99. The van der Waals surface area contributed by atoms with E-state index in [0.717, 1.165) is 5.69 Å². The first-order valence-corrected chi connectivity index (χ1v) is 7.92. The predicted molar refractivity (Wildman–Crippen MR) is 82.2 cm³/mol. The van der Waals surface area contributed by atoms with Crippen molar-refractivity contribution in [3.8, 4) is 0 Å². The van der Waals surface area contributed by atoms with Crippen LogP contribution in [-0.4, -0.2) is 4.98 Å². The van der Waals surface area contributed by atoms with E-state index in [1.165, 1.54) is 30.6 Å². The number of nitrogens with one attached hydrogen (secondary N) is 1. The third-order valence-corrected chi connectivity index (χ3v) is 5.29. The van der Waals surface area contributed by atoms with Crippen LogP contribution in [0.3, 0.4) is 0 Å². The van der Waals surface area contributed by atoms with Gasteiger partial charge in [-0.25, -0.2) is 4.98 Å². The van der Waals surface area contributed by atoms with E-state index in [1.807, 2.05) is 23.5 Å². The van der Waals surface area contributed by atoms with Crippen molar-refractivity contribution in [2.45, 2.75) is 38.6 Å². The van der Waals surface area contributed by atoms with Gasteiger partial charge >= 0.3 is 0 Å². The summed E-state index contributed by atoms with van der Waals surface area (Å²) in [6.07, 6.45) is 6.87. The Balaban J connectivity index is 1.79. The standard InChI is InChI=1S/C15H17ClN2S/c1-10(18-12-6-4-8-17-15(12)16)14-9-11-5-2-3-7-13(11)19-14/h4,6,8-10,18H,2-3,5,7H2,1H3. The lowest BCUT2D eigenvalue weighted by Crippen LogP contribution is -2.05. The minimum absolute atomic E-state index is 0.275. The summed E-state index contributed by atoms with van der Waals surface area (Å²) in [6, 6.07) is 6.51. The molecule has 2 nitrogen and oxygen atoms in total. The van der Waals surface area contributed by atoms with Crippen molar-refractivity contribution in [1.29, 1.82) is 0 Å². The fourth-order valence-corrected chi connectivity index (χ4v) is 3.96. The zero-order valence-corrected chi connectivity index (χ0v) is 12.5. The Hall–Kier alpha value is -1.06. The summed E-state index contributed by atoms with van der Waals surface area (Å²) in [6.45, 7) is 2.18. The third kappa shape index (κ3) is 2.77. The van der Waals surface area contributed by atoms with Gasteiger partial charge in [0.15, 0.2) is 5.15 Å². The quantitative estimate of drug-likeness (QED) is 0.818. The van der Waals surface area contributed by atoms with E-state index < -0.39 is 0 Å². The number of rotatable bonds is 3. The number of halogens is 1. The molecule has 1 unspecified atom stereocenters. The number of fused-ring (bicyclic) bond motifs is 1. The minimum atomic E-state index is 0.275. The first-order chi connectivity index (χ1) is 9.24. The lowest BCUT2D eigenvalue weighted by Gasteiger charge is -2.14. The van der Waals surface area contributed by atoms with Gasteiger partial charge in [-0.1, -0.05) is 11.6 Å². The Morgan fingerprint density at radius 2 is 2.21 bits per heavy atom. The maximum absolute atomic E-state index is 6.09. The largest absolute Gasteiger partial charge is 0.375 e. The highest BCUT2D eigenvalue weighted by atomic mass is 35.5. The Bertz CT molecular complexity index is 556. The van der Waals surface area contributed by atoms with E-state index in [0.29, 0.717) is 5.15 Å². The number of aromatic nitrogens is 1. The molecule has 0 aliphatic heterocycles. The van der Waals surface area contributed by atoms with E-state index in [-0.39, 0.29) is 6.04 Å². The van der Waals surface area contributed by atoms with Gasteiger partial charge in [0.1, 0.15) is 0 Å². The molecule has 0 radical (unpaired) electrons. The van der Waals surface area contributed by atoms with E-state index in [4.69, 9.17) is 11.6 Å². The number of hydrogen-bond acceptors (Lipinski definition) is 3. The van der Waals surface area contributed by atoms with Crippen LogP contribution < -0.4 is 5.32 Å². The first kappa shape index (κ1) is 12.9. The van der Waals surface area contributed by atoms with E-state index in [2.05, 4.69) is 23.3 Å². The Kier molecular flexibility index (Phi) is 3.76. The van der Waals surface area contributed by atoms with Gasteiger partial charge in [-0.3, -0.25) is 0 Å². The monoisotopic (exact) mass is 292 g/mol. The Morgan fingerprint density at radius 3 is 3.00 bits per heavy atom. The fraction of sp³-hybridized carbons (Fsp3) is 0.400. The maximum Gasteiger partial charge on any atom is 0.152 e. The lowest BCUT2D eigenvalue weighted by molar-refractivity contribution is 0.696. The second-order valence-corrected chi connectivity index (χ2v) is 6.54. The van der Waals surface area contributed by atoms with Crippen molar-refractivity contribution < 1.29 is 0 Å². The molecule has 0 spiro atoms. The predicted octanol–water partition coefficient (Wildman–Crippen LogP) is 4.85. The van der Waals surface area contributed by atoms with Crippen molar-refractivity contribution in [3.05, 3.63) is 44.9 Å². The highest BCUT2D eigenvalue weighted by Gasteiger charge is 2.17.